The maximum Gasteiger partial charge on any atom is 0.379 e. The highest BCUT2D eigenvalue weighted by Crippen LogP contribution is 2.29. The third kappa shape index (κ3) is 1.97. The fraction of sp³-hybridized carbons (Fsp3) is 0.125. The molecular weight excluding hydrogens is 202 g/mol. The van der Waals surface area contributed by atoms with Crippen molar-refractivity contribution in [3.63, 3.8) is 0 Å². The van der Waals surface area contributed by atoms with Crippen molar-refractivity contribution < 1.29 is 22.4 Å². The van der Waals surface area contributed by atoms with Crippen LogP contribution >= 0.6 is 0 Å². The highest BCUT2D eigenvalue weighted by atomic mass is 19.3. The zero-order valence-corrected chi connectivity index (χ0v) is 6.60. The first kappa shape index (κ1) is 10.4. The minimum atomic E-state index is -3.88. The van der Waals surface area contributed by atoms with Crippen molar-refractivity contribution in [3.05, 3.63) is 35.4 Å². The van der Waals surface area contributed by atoms with Gasteiger partial charge in [-0.15, -0.1) is 4.99 Å². The Morgan fingerprint density at radius 1 is 1.21 bits per heavy atom. The van der Waals surface area contributed by atoms with Crippen molar-refractivity contribution in [2.24, 2.45) is 4.99 Å². The van der Waals surface area contributed by atoms with Gasteiger partial charge in [0.25, 0.3) is 0 Å². The molecule has 1 aromatic carbocycles. The van der Waals surface area contributed by atoms with Crippen molar-refractivity contribution in [3.8, 4) is 0 Å². The SMILES string of the molecule is O=C=NC(F)(F)c1ccc(F)c(F)c1. The second-order valence-electron chi connectivity index (χ2n) is 2.37. The van der Waals surface area contributed by atoms with E-state index in [0.717, 1.165) is 0 Å². The fourth-order valence-electron chi connectivity index (χ4n) is 0.805. The molecule has 0 aliphatic rings. The Morgan fingerprint density at radius 3 is 2.36 bits per heavy atom. The number of alkyl halides is 2. The molecule has 0 atom stereocenters. The van der Waals surface area contributed by atoms with Gasteiger partial charge in [0.15, 0.2) is 11.6 Å². The molecule has 0 bridgehead atoms. The monoisotopic (exact) mass is 205 g/mol. The Hall–Kier alpha value is -1.68. The Kier molecular flexibility index (Phi) is 2.67. The van der Waals surface area contributed by atoms with Crippen LogP contribution in [0.2, 0.25) is 0 Å². The average molecular weight is 205 g/mol. The Labute approximate surface area is 75.9 Å². The molecule has 14 heavy (non-hydrogen) atoms. The molecule has 0 aliphatic heterocycles. The van der Waals surface area contributed by atoms with E-state index in [1.54, 1.807) is 0 Å². The summed E-state index contributed by atoms with van der Waals surface area (Å²) in [6.07, 6.45) is 0.649. The van der Waals surface area contributed by atoms with Crippen LogP contribution in [0.1, 0.15) is 5.56 Å². The van der Waals surface area contributed by atoms with Crippen LogP contribution in [0.25, 0.3) is 0 Å². The molecule has 0 unspecified atom stereocenters. The van der Waals surface area contributed by atoms with Gasteiger partial charge >= 0.3 is 6.05 Å². The molecule has 1 rings (SSSR count). The second kappa shape index (κ2) is 3.59. The molecule has 0 aromatic heterocycles. The highest BCUT2D eigenvalue weighted by Gasteiger charge is 2.31. The van der Waals surface area contributed by atoms with Crippen LogP contribution in [0.5, 0.6) is 0 Å². The van der Waals surface area contributed by atoms with Gasteiger partial charge in [0.05, 0.1) is 0 Å². The Balaban J connectivity index is 3.20. The van der Waals surface area contributed by atoms with Crippen molar-refractivity contribution in [1.82, 2.24) is 0 Å². The first-order valence-electron chi connectivity index (χ1n) is 3.40. The van der Waals surface area contributed by atoms with Gasteiger partial charge < -0.3 is 0 Å². The minimum absolute atomic E-state index is 0.274. The van der Waals surface area contributed by atoms with E-state index in [1.807, 2.05) is 0 Å². The van der Waals surface area contributed by atoms with E-state index in [1.165, 1.54) is 0 Å². The number of carbonyl (C=O) groups excluding carboxylic acids is 1. The van der Waals surface area contributed by atoms with Gasteiger partial charge in [0.2, 0.25) is 6.08 Å². The van der Waals surface area contributed by atoms with Crippen molar-refractivity contribution in [1.29, 1.82) is 0 Å². The fourth-order valence-corrected chi connectivity index (χ4v) is 0.805. The minimum Gasteiger partial charge on any atom is -0.211 e. The smallest absolute Gasteiger partial charge is 0.211 e. The summed E-state index contributed by atoms with van der Waals surface area (Å²) in [7, 11) is 0. The predicted octanol–water partition coefficient (Wildman–Crippen LogP) is 2.35. The molecule has 2 nitrogen and oxygen atoms in total. The first-order chi connectivity index (χ1) is 6.47. The number of isocyanates is 1. The molecule has 0 heterocycles. The number of halogens is 4. The first-order valence-corrected chi connectivity index (χ1v) is 3.40. The maximum atomic E-state index is 12.7. The molecule has 0 fully saturated rings. The summed E-state index contributed by atoms with van der Waals surface area (Å²) >= 11 is 0. The second-order valence-corrected chi connectivity index (χ2v) is 2.37. The van der Waals surface area contributed by atoms with E-state index in [-0.39, 0.29) is 6.07 Å². The van der Waals surface area contributed by atoms with Crippen LogP contribution < -0.4 is 0 Å². The molecule has 0 N–H and O–H groups in total. The Bertz CT molecular complexity index is 398. The summed E-state index contributed by atoms with van der Waals surface area (Å²) < 4.78 is 50.3. The number of rotatable bonds is 2. The molecule has 74 valence electrons. The molecule has 0 aliphatic carbocycles. The van der Waals surface area contributed by atoms with Gasteiger partial charge in [-0.1, -0.05) is 0 Å². The number of benzene rings is 1. The summed E-state index contributed by atoms with van der Waals surface area (Å²) in [6.45, 7) is 0. The van der Waals surface area contributed by atoms with E-state index in [4.69, 9.17) is 0 Å². The molecule has 6 heteroatoms. The van der Waals surface area contributed by atoms with Gasteiger partial charge in [-0.3, -0.25) is 0 Å². The molecule has 0 spiro atoms. The van der Waals surface area contributed by atoms with E-state index in [2.05, 4.69) is 4.99 Å². The van der Waals surface area contributed by atoms with Crippen molar-refractivity contribution in [2.75, 3.05) is 0 Å². The molecule has 0 amide bonds. The molecule has 0 saturated carbocycles. The third-order valence-corrected chi connectivity index (χ3v) is 1.45. The summed E-state index contributed by atoms with van der Waals surface area (Å²) in [5, 5.41) is 0. The molecular formula is C8H3F4NO. The number of hydrogen-bond donors (Lipinski definition) is 0. The van der Waals surface area contributed by atoms with E-state index < -0.39 is 23.2 Å². The lowest BCUT2D eigenvalue weighted by molar-refractivity contribution is 0.00576. The van der Waals surface area contributed by atoms with Crippen LogP contribution in [0.4, 0.5) is 17.6 Å². The Morgan fingerprint density at radius 2 is 1.86 bits per heavy atom. The van der Waals surface area contributed by atoms with Gasteiger partial charge in [0.1, 0.15) is 0 Å². The van der Waals surface area contributed by atoms with Crippen LogP contribution in [-0.2, 0) is 10.8 Å². The predicted molar refractivity (Wildman–Crippen MR) is 38.4 cm³/mol. The highest BCUT2D eigenvalue weighted by molar-refractivity contribution is 5.36. The normalized spacial score (nSPS) is 10.9. The van der Waals surface area contributed by atoms with Crippen molar-refractivity contribution in [2.45, 2.75) is 6.05 Å². The van der Waals surface area contributed by atoms with E-state index in [9.17, 15) is 22.4 Å². The van der Waals surface area contributed by atoms with Gasteiger partial charge in [-0.25, -0.2) is 13.6 Å². The standard InChI is InChI=1S/C8H3F4NO/c9-6-2-1-5(3-7(6)10)8(11,12)13-4-14/h1-3H. The lowest BCUT2D eigenvalue weighted by Crippen LogP contribution is -2.10. The molecule has 0 radical (unpaired) electrons. The lowest BCUT2D eigenvalue weighted by Gasteiger charge is -2.08. The lowest BCUT2D eigenvalue weighted by atomic mass is 10.2. The summed E-state index contributed by atoms with van der Waals surface area (Å²) in [4.78, 5) is 11.8. The van der Waals surface area contributed by atoms with Crippen LogP contribution in [0, 0.1) is 11.6 Å². The maximum absolute atomic E-state index is 12.7. The van der Waals surface area contributed by atoms with Gasteiger partial charge in [-0.2, -0.15) is 8.78 Å². The number of hydrogen-bond acceptors (Lipinski definition) is 2. The number of aliphatic imine (C=N–C) groups is 1. The molecule has 0 saturated heterocycles. The summed E-state index contributed by atoms with van der Waals surface area (Å²) in [6, 6.07) is -2.44. The van der Waals surface area contributed by atoms with Crippen LogP contribution in [0.15, 0.2) is 23.2 Å². The van der Waals surface area contributed by atoms with Gasteiger partial charge in [-0.05, 0) is 18.2 Å². The van der Waals surface area contributed by atoms with Crippen LogP contribution in [0.3, 0.4) is 0 Å². The zero-order valence-electron chi connectivity index (χ0n) is 6.60. The quantitative estimate of drug-likeness (QED) is 0.315. The van der Waals surface area contributed by atoms with Crippen molar-refractivity contribution >= 4 is 6.08 Å². The average Bonchev–Trinajstić information content (AvgIpc) is 2.09. The summed E-state index contributed by atoms with van der Waals surface area (Å²) in [5.41, 5.74) is -0.903. The summed E-state index contributed by atoms with van der Waals surface area (Å²) in [5.74, 6) is -2.68. The zero-order chi connectivity index (χ0) is 10.8. The van der Waals surface area contributed by atoms with E-state index >= 15 is 0 Å². The third-order valence-electron chi connectivity index (χ3n) is 1.45. The van der Waals surface area contributed by atoms with Crippen LogP contribution in [-0.4, -0.2) is 6.08 Å². The largest absolute Gasteiger partial charge is 0.379 e. The van der Waals surface area contributed by atoms with E-state index in [0.29, 0.717) is 18.2 Å². The molecule has 1 aromatic rings. The van der Waals surface area contributed by atoms with Gasteiger partial charge in [0, 0.05) is 5.56 Å². The topological polar surface area (TPSA) is 29.4 Å². The number of nitrogens with zero attached hydrogens (tertiary/aromatic N) is 1.